The predicted octanol–water partition coefficient (Wildman–Crippen LogP) is 2.17. The number of aliphatic hydroxyl groups excluding tert-OH is 1. The third-order valence-electron chi connectivity index (χ3n) is 4.10. The molecular weight excluding hydrogens is 188 g/mol. The molecule has 1 saturated carbocycles. The van der Waals surface area contributed by atoms with Crippen molar-refractivity contribution in [1.82, 2.24) is 0 Å². The number of ketones is 1. The molecule has 4 atom stereocenters. The fourth-order valence-electron chi connectivity index (χ4n) is 3.17. The van der Waals surface area contributed by atoms with Gasteiger partial charge < -0.3 is 5.11 Å². The Balaban J connectivity index is 2.33. The van der Waals surface area contributed by atoms with Crippen molar-refractivity contribution in [2.75, 3.05) is 0 Å². The first-order valence-electron chi connectivity index (χ1n) is 5.95. The first kappa shape index (κ1) is 10.9. The molecule has 0 amide bonds. The van der Waals surface area contributed by atoms with Crippen LogP contribution in [-0.4, -0.2) is 17.0 Å². The monoisotopic (exact) mass is 208 g/mol. The first-order valence-corrected chi connectivity index (χ1v) is 5.95. The quantitative estimate of drug-likeness (QED) is 0.717. The van der Waals surface area contributed by atoms with E-state index in [0.717, 1.165) is 18.4 Å². The van der Waals surface area contributed by atoms with Crippen LogP contribution in [0.2, 0.25) is 0 Å². The molecule has 0 aromatic rings. The standard InChI is InChI=1S/C13H20O2/c1-7(2)10-6-11(14)9-5-4-8(3)12(9)13(10)15/h6-9,12-13,15H,4-5H2,1-3H3/t8-,9-,12-,13-/m0/s1. The van der Waals surface area contributed by atoms with Gasteiger partial charge >= 0.3 is 0 Å². The van der Waals surface area contributed by atoms with Gasteiger partial charge in [-0.25, -0.2) is 0 Å². The third-order valence-corrected chi connectivity index (χ3v) is 4.10. The molecule has 2 aliphatic carbocycles. The van der Waals surface area contributed by atoms with Crippen LogP contribution in [-0.2, 0) is 4.79 Å². The largest absolute Gasteiger partial charge is 0.388 e. The van der Waals surface area contributed by atoms with Gasteiger partial charge in [-0.05, 0) is 36.3 Å². The number of aliphatic hydroxyl groups is 1. The minimum Gasteiger partial charge on any atom is -0.388 e. The Bertz CT molecular complexity index is 304. The Hall–Kier alpha value is -0.630. The number of carbonyl (C=O) groups is 1. The zero-order chi connectivity index (χ0) is 11.2. The summed E-state index contributed by atoms with van der Waals surface area (Å²) in [6, 6.07) is 0. The molecule has 0 heterocycles. The van der Waals surface area contributed by atoms with Crippen molar-refractivity contribution >= 4 is 5.78 Å². The van der Waals surface area contributed by atoms with E-state index in [1.807, 2.05) is 13.8 Å². The maximum atomic E-state index is 11.9. The summed E-state index contributed by atoms with van der Waals surface area (Å²) < 4.78 is 0. The Morgan fingerprint density at radius 1 is 1.40 bits per heavy atom. The van der Waals surface area contributed by atoms with Crippen LogP contribution in [0.4, 0.5) is 0 Å². The molecule has 1 fully saturated rings. The molecule has 0 aliphatic heterocycles. The summed E-state index contributed by atoms with van der Waals surface area (Å²) in [6.45, 7) is 6.25. The zero-order valence-corrected chi connectivity index (χ0v) is 9.73. The lowest BCUT2D eigenvalue weighted by atomic mass is 9.73. The van der Waals surface area contributed by atoms with Gasteiger partial charge in [0.05, 0.1) is 6.10 Å². The molecule has 2 rings (SSSR count). The lowest BCUT2D eigenvalue weighted by Gasteiger charge is -2.34. The molecular formula is C13H20O2. The summed E-state index contributed by atoms with van der Waals surface area (Å²) in [4.78, 5) is 11.9. The lowest BCUT2D eigenvalue weighted by Crippen LogP contribution is -2.38. The normalized spacial score (nSPS) is 40.6. The number of rotatable bonds is 1. The van der Waals surface area contributed by atoms with Gasteiger partial charge in [0.15, 0.2) is 5.78 Å². The average molecular weight is 208 g/mol. The van der Waals surface area contributed by atoms with Crippen molar-refractivity contribution in [3.63, 3.8) is 0 Å². The Labute approximate surface area is 91.4 Å². The summed E-state index contributed by atoms with van der Waals surface area (Å²) in [6.07, 6.45) is 3.36. The zero-order valence-electron chi connectivity index (χ0n) is 9.73. The van der Waals surface area contributed by atoms with Crippen LogP contribution in [0.5, 0.6) is 0 Å². The molecule has 1 N–H and O–H groups in total. The highest BCUT2D eigenvalue weighted by molar-refractivity contribution is 5.94. The second-order valence-electron chi connectivity index (χ2n) is 5.38. The number of allylic oxidation sites excluding steroid dienone is 1. The molecule has 2 aliphatic rings. The SMILES string of the molecule is CC(C)C1=CC(=O)[C@@H]2CC[C@H](C)[C@@H]2[C@H]1O. The number of hydrogen-bond acceptors (Lipinski definition) is 2. The lowest BCUT2D eigenvalue weighted by molar-refractivity contribution is -0.122. The number of carbonyl (C=O) groups excluding carboxylic acids is 1. The van der Waals surface area contributed by atoms with E-state index in [-0.39, 0.29) is 29.6 Å². The second kappa shape index (κ2) is 3.75. The van der Waals surface area contributed by atoms with Crippen LogP contribution < -0.4 is 0 Å². The topological polar surface area (TPSA) is 37.3 Å². The highest BCUT2D eigenvalue weighted by Gasteiger charge is 2.45. The van der Waals surface area contributed by atoms with Crippen LogP contribution in [0.25, 0.3) is 0 Å². The van der Waals surface area contributed by atoms with Gasteiger partial charge in [-0.3, -0.25) is 4.79 Å². The molecule has 84 valence electrons. The Kier molecular flexibility index (Phi) is 2.72. The molecule has 0 saturated heterocycles. The third kappa shape index (κ3) is 1.65. The summed E-state index contributed by atoms with van der Waals surface area (Å²) in [5, 5.41) is 10.3. The summed E-state index contributed by atoms with van der Waals surface area (Å²) in [5.74, 6) is 1.28. The van der Waals surface area contributed by atoms with E-state index in [1.54, 1.807) is 6.08 Å². The van der Waals surface area contributed by atoms with Gasteiger partial charge in [0.2, 0.25) is 0 Å². The highest BCUT2D eigenvalue weighted by atomic mass is 16.3. The van der Waals surface area contributed by atoms with E-state index in [0.29, 0.717) is 5.92 Å². The Morgan fingerprint density at radius 3 is 2.67 bits per heavy atom. The number of hydrogen-bond donors (Lipinski definition) is 1. The first-order chi connectivity index (χ1) is 7.02. The van der Waals surface area contributed by atoms with E-state index in [2.05, 4.69) is 6.92 Å². The van der Waals surface area contributed by atoms with Gasteiger partial charge in [0.1, 0.15) is 0 Å². The van der Waals surface area contributed by atoms with Crippen molar-refractivity contribution < 1.29 is 9.90 Å². The van der Waals surface area contributed by atoms with Gasteiger partial charge in [-0.2, -0.15) is 0 Å². The smallest absolute Gasteiger partial charge is 0.159 e. The molecule has 0 radical (unpaired) electrons. The van der Waals surface area contributed by atoms with Crippen molar-refractivity contribution in [2.45, 2.75) is 39.7 Å². The minimum atomic E-state index is -0.384. The maximum absolute atomic E-state index is 11.9. The molecule has 0 aromatic carbocycles. The van der Waals surface area contributed by atoms with E-state index >= 15 is 0 Å². The van der Waals surface area contributed by atoms with Gasteiger partial charge in [-0.15, -0.1) is 0 Å². The summed E-state index contributed by atoms with van der Waals surface area (Å²) >= 11 is 0. The predicted molar refractivity (Wildman–Crippen MR) is 59.3 cm³/mol. The van der Waals surface area contributed by atoms with E-state index in [1.165, 1.54) is 0 Å². The van der Waals surface area contributed by atoms with Gasteiger partial charge in [0.25, 0.3) is 0 Å². The van der Waals surface area contributed by atoms with E-state index in [9.17, 15) is 9.90 Å². The summed E-state index contributed by atoms with van der Waals surface area (Å²) in [7, 11) is 0. The average Bonchev–Trinajstić information content (AvgIpc) is 2.54. The molecule has 2 heteroatoms. The van der Waals surface area contributed by atoms with Crippen LogP contribution in [0.1, 0.15) is 33.6 Å². The van der Waals surface area contributed by atoms with Crippen LogP contribution in [0.3, 0.4) is 0 Å². The Morgan fingerprint density at radius 2 is 2.07 bits per heavy atom. The summed E-state index contributed by atoms with van der Waals surface area (Å²) in [5.41, 5.74) is 0.940. The molecule has 2 nitrogen and oxygen atoms in total. The van der Waals surface area contributed by atoms with E-state index < -0.39 is 0 Å². The maximum Gasteiger partial charge on any atom is 0.159 e. The van der Waals surface area contributed by atoms with Crippen molar-refractivity contribution in [3.8, 4) is 0 Å². The molecule has 0 spiro atoms. The number of fused-ring (bicyclic) bond motifs is 1. The fraction of sp³-hybridized carbons (Fsp3) is 0.769. The van der Waals surface area contributed by atoms with Crippen LogP contribution >= 0.6 is 0 Å². The van der Waals surface area contributed by atoms with Crippen molar-refractivity contribution in [1.29, 1.82) is 0 Å². The minimum absolute atomic E-state index is 0.0949. The van der Waals surface area contributed by atoms with Crippen molar-refractivity contribution in [2.24, 2.45) is 23.7 Å². The highest BCUT2D eigenvalue weighted by Crippen LogP contribution is 2.45. The van der Waals surface area contributed by atoms with Gasteiger partial charge in [-0.1, -0.05) is 20.8 Å². The van der Waals surface area contributed by atoms with Crippen LogP contribution in [0.15, 0.2) is 11.6 Å². The van der Waals surface area contributed by atoms with Crippen LogP contribution in [0, 0.1) is 23.7 Å². The molecule has 0 unspecified atom stereocenters. The molecule has 15 heavy (non-hydrogen) atoms. The van der Waals surface area contributed by atoms with Crippen molar-refractivity contribution in [3.05, 3.63) is 11.6 Å². The van der Waals surface area contributed by atoms with Gasteiger partial charge in [0, 0.05) is 11.8 Å². The second-order valence-corrected chi connectivity index (χ2v) is 5.38. The molecule has 0 bridgehead atoms. The molecule has 0 aromatic heterocycles. The van der Waals surface area contributed by atoms with E-state index in [4.69, 9.17) is 0 Å². The fourth-order valence-corrected chi connectivity index (χ4v) is 3.17.